The Bertz CT molecular complexity index is 659. The van der Waals surface area contributed by atoms with Crippen LogP contribution in [0.2, 0.25) is 0 Å². The van der Waals surface area contributed by atoms with E-state index in [2.05, 4.69) is 6.07 Å². The summed E-state index contributed by atoms with van der Waals surface area (Å²) >= 11 is 0. The van der Waals surface area contributed by atoms with Crippen LogP contribution in [0.4, 0.5) is 0 Å². The van der Waals surface area contributed by atoms with E-state index in [9.17, 15) is 5.11 Å². The molecule has 1 N–H and O–H groups in total. The van der Waals surface area contributed by atoms with Gasteiger partial charge in [0.25, 0.3) is 0 Å². The molecule has 108 valence electrons. The van der Waals surface area contributed by atoms with Crippen LogP contribution in [0.3, 0.4) is 0 Å². The quantitative estimate of drug-likeness (QED) is 0.915. The highest BCUT2D eigenvalue weighted by Gasteiger charge is 2.11. The van der Waals surface area contributed by atoms with Gasteiger partial charge in [-0.15, -0.1) is 0 Å². The van der Waals surface area contributed by atoms with Crippen molar-refractivity contribution in [2.24, 2.45) is 0 Å². The monoisotopic (exact) mass is 283 g/mol. The Balaban J connectivity index is 2.25. The van der Waals surface area contributed by atoms with Gasteiger partial charge in [0.05, 0.1) is 24.8 Å². The van der Waals surface area contributed by atoms with Gasteiger partial charge in [0.2, 0.25) is 0 Å². The lowest BCUT2D eigenvalue weighted by Gasteiger charge is -2.15. The molecule has 0 bridgehead atoms. The molecule has 2 aromatic rings. The number of benzene rings is 2. The minimum Gasteiger partial charge on any atom is -0.497 e. The van der Waals surface area contributed by atoms with Crippen LogP contribution in [-0.4, -0.2) is 12.2 Å². The van der Waals surface area contributed by atoms with E-state index in [-0.39, 0.29) is 6.61 Å². The van der Waals surface area contributed by atoms with Gasteiger partial charge < -0.3 is 14.6 Å². The number of nitriles is 1. The maximum absolute atomic E-state index is 9.79. The Hall–Kier alpha value is -2.51. The van der Waals surface area contributed by atoms with Crippen molar-refractivity contribution in [3.05, 3.63) is 59.2 Å². The molecule has 2 aromatic carbocycles. The van der Waals surface area contributed by atoms with Gasteiger partial charge >= 0.3 is 0 Å². The van der Waals surface area contributed by atoms with Gasteiger partial charge in [-0.1, -0.05) is 18.2 Å². The van der Waals surface area contributed by atoms with Crippen LogP contribution in [0, 0.1) is 11.3 Å². The number of nitrogens with zero attached hydrogens (tertiary/aromatic N) is 1. The minimum atomic E-state index is -0.642. The molecule has 1 atom stereocenters. The van der Waals surface area contributed by atoms with Gasteiger partial charge in [0, 0.05) is 17.2 Å². The fourth-order valence-corrected chi connectivity index (χ4v) is 2.02. The summed E-state index contributed by atoms with van der Waals surface area (Å²) in [5.41, 5.74) is 2.07. The highest BCUT2D eigenvalue weighted by molar-refractivity contribution is 5.42. The zero-order valence-corrected chi connectivity index (χ0v) is 12.0. The van der Waals surface area contributed by atoms with E-state index >= 15 is 0 Å². The molecular weight excluding hydrogens is 266 g/mol. The smallest absolute Gasteiger partial charge is 0.129 e. The maximum atomic E-state index is 9.79. The van der Waals surface area contributed by atoms with Gasteiger partial charge in [-0.2, -0.15) is 5.26 Å². The SMILES string of the molecule is COc1ccc([C@@H](C)O)c(OCc2ccccc2C#N)c1. The number of methoxy groups -OCH3 is 1. The molecule has 0 aromatic heterocycles. The van der Waals surface area contributed by atoms with Gasteiger partial charge in [0.15, 0.2) is 0 Å². The molecule has 0 radical (unpaired) electrons. The Morgan fingerprint density at radius 2 is 2.00 bits per heavy atom. The van der Waals surface area contributed by atoms with E-state index in [1.54, 1.807) is 38.3 Å². The fourth-order valence-electron chi connectivity index (χ4n) is 2.02. The summed E-state index contributed by atoms with van der Waals surface area (Å²) in [6, 6.07) is 14.7. The first-order valence-corrected chi connectivity index (χ1v) is 6.62. The van der Waals surface area contributed by atoms with E-state index in [0.29, 0.717) is 22.6 Å². The molecule has 0 unspecified atom stereocenters. The van der Waals surface area contributed by atoms with Crippen molar-refractivity contribution in [1.82, 2.24) is 0 Å². The molecule has 0 fully saturated rings. The number of aliphatic hydroxyl groups excluding tert-OH is 1. The Labute approximate surface area is 124 Å². The van der Waals surface area contributed by atoms with Crippen LogP contribution in [0.1, 0.15) is 29.7 Å². The molecule has 0 aliphatic carbocycles. The normalized spacial score (nSPS) is 11.5. The molecule has 0 spiro atoms. The standard InChI is InChI=1S/C17H17NO3/c1-12(19)16-8-7-15(20-2)9-17(16)21-11-14-6-4-3-5-13(14)10-18/h3-9,12,19H,11H2,1-2H3/t12-/m1/s1. The lowest BCUT2D eigenvalue weighted by molar-refractivity contribution is 0.190. The maximum Gasteiger partial charge on any atom is 0.129 e. The van der Waals surface area contributed by atoms with Crippen LogP contribution >= 0.6 is 0 Å². The van der Waals surface area contributed by atoms with E-state index in [1.807, 2.05) is 18.2 Å². The second-order valence-electron chi connectivity index (χ2n) is 4.64. The van der Waals surface area contributed by atoms with Crippen molar-refractivity contribution in [3.8, 4) is 17.6 Å². The number of rotatable bonds is 5. The molecule has 0 heterocycles. The second-order valence-corrected chi connectivity index (χ2v) is 4.64. The summed E-state index contributed by atoms with van der Waals surface area (Å²) in [6.45, 7) is 1.94. The molecule has 0 saturated heterocycles. The molecule has 21 heavy (non-hydrogen) atoms. The summed E-state index contributed by atoms with van der Waals surface area (Å²) in [5.74, 6) is 1.21. The van der Waals surface area contributed by atoms with E-state index in [1.165, 1.54) is 0 Å². The third-order valence-electron chi connectivity index (χ3n) is 3.19. The molecule has 0 aliphatic heterocycles. The summed E-state index contributed by atoms with van der Waals surface area (Å²) < 4.78 is 11.0. The van der Waals surface area contributed by atoms with Crippen molar-refractivity contribution in [2.45, 2.75) is 19.6 Å². The van der Waals surface area contributed by atoms with Gasteiger partial charge in [0.1, 0.15) is 18.1 Å². The van der Waals surface area contributed by atoms with Gasteiger partial charge in [-0.05, 0) is 25.1 Å². The lowest BCUT2D eigenvalue weighted by atomic mass is 10.1. The zero-order valence-electron chi connectivity index (χ0n) is 12.0. The molecule has 2 rings (SSSR count). The number of hydrogen-bond donors (Lipinski definition) is 1. The second kappa shape index (κ2) is 6.78. The van der Waals surface area contributed by atoms with Gasteiger partial charge in [-0.3, -0.25) is 0 Å². The number of hydrogen-bond acceptors (Lipinski definition) is 4. The van der Waals surface area contributed by atoms with Gasteiger partial charge in [-0.25, -0.2) is 0 Å². The molecule has 4 nitrogen and oxygen atoms in total. The van der Waals surface area contributed by atoms with Crippen LogP contribution in [0.25, 0.3) is 0 Å². The summed E-state index contributed by atoms with van der Waals surface area (Å²) in [5, 5.41) is 18.9. The minimum absolute atomic E-state index is 0.261. The van der Waals surface area contributed by atoms with E-state index in [4.69, 9.17) is 14.7 Å². The number of ether oxygens (including phenoxy) is 2. The summed E-state index contributed by atoms with van der Waals surface area (Å²) in [7, 11) is 1.58. The molecule has 0 aliphatic rings. The Morgan fingerprint density at radius 1 is 1.24 bits per heavy atom. The van der Waals surface area contributed by atoms with Crippen molar-refractivity contribution in [2.75, 3.05) is 7.11 Å². The predicted molar refractivity (Wildman–Crippen MR) is 79.1 cm³/mol. The third-order valence-corrected chi connectivity index (χ3v) is 3.19. The topological polar surface area (TPSA) is 62.5 Å². The van der Waals surface area contributed by atoms with Crippen molar-refractivity contribution < 1.29 is 14.6 Å². The Kier molecular flexibility index (Phi) is 4.81. The summed E-state index contributed by atoms with van der Waals surface area (Å²) in [6.07, 6.45) is -0.642. The van der Waals surface area contributed by atoms with Crippen LogP contribution in [-0.2, 0) is 6.61 Å². The Morgan fingerprint density at radius 3 is 2.67 bits per heavy atom. The van der Waals surface area contributed by atoms with Crippen molar-refractivity contribution >= 4 is 0 Å². The highest BCUT2D eigenvalue weighted by Crippen LogP contribution is 2.30. The van der Waals surface area contributed by atoms with Crippen molar-refractivity contribution in [1.29, 1.82) is 5.26 Å². The fraction of sp³-hybridized carbons (Fsp3) is 0.235. The average Bonchev–Trinajstić information content (AvgIpc) is 2.52. The van der Waals surface area contributed by atoms with Crippen molar-refractivity contribution in [3.63, 3.8) is 0 Å². The average molecular weight is 283 g/mol. The summed E-state index contributed by atoms with van der Waals surface area (Å²) in [4.78, 5) is 0. The lowest BCUT2D eigenvalue weighted by Crippen LogP contribution is -2.03. The third kappa shape index (κ3) is 3.53. The molecule has 4 heteroatoms. The molecule has 0 saturated carbocycles. The van der Waals surface area contributed by atoms with Crippen LogP contribution in [0.15, 0.2) is 42.5 Å². The first-order valence-electron chi connectivity index (χ1n) is 6.62. The molecular formula is C17H17NO3. The first-order chi connectivity index (χ1) is 10.2. The zero-order chi connectivity index (χ0) is 15.2. The van der Waals surface area contributed by atoms with Crippen LogP contribution < -0.4 is 9.47 Å². The number of aliphatic hydroxyl groups is 1. The largest absolute Gasteiger partial charge is 0.497 e. The van der Waals surface area contributed by atoms with E-state index < -0.39 is 6.10 Å². The van der Waals surface area contributed by atoms with E-state index in [0.717, 1.165) is 5.56 Å². The molecule has 0 amide bonds. The first kappa shape index (κ1) is 14.9. The van der Waals surface area contributed by atoms with Crippen LogP contribution in [0.5, 0.6) is 11.5 Å². The predicted octanol–water partition coefficient (Wildman–Crippen LogP) is 3.20. The highest BCUT2D eigenvalue weighted by atomic mass is 16.5.